The second kappa shape index (κ2) is 5.05. The number of aromatic nitrogens is 2. The molecule has 21 heavy (non-hydrogen) atoms. The molecule has 0 radical (unpaired) electrons. The predicted octanol–water partition coefficient (Wildman–Crippen LogP) is 2.33. The van der Waals surface area contributed by atoms with Gasteiger partial charge in [-0.25, -0.2) is 9.78 Å². The topological polar surface area (TPSA) is 84.2 Å². The number of nitrogens with one attached hydrogen (secondary N) is 1. The van der Waals surface area contributed by atoms with E-state index in [-0.39, 0.29) is 23.0 Å². The van der Waals surface area contributed by atoms with Crippen molar-refractivity contribution in [3.05, 3.63) is 52.1 Å². The van der Waals surface area contributed by atoms with E-state index in [2.05, 4.69) is 10.3 Å². The number of carboxylic acid groups (broad SMARTS) is 1. The smallest absolute Gasteiger partial charge is 0.335 e. The molecule has 0 spiro atoms. The molecule has 1 aromatic carbocycles. The SMILES string of the molecule is Cc1cc(Nc2nccn(C3CC3)c2=O)ccc1C(=O)O. The number of rotatable bonds is 4. The third kappa shape index (κ3) is 2.65. The van der Waals surface area contributed by atoms with E-state index in [1.807, 2.05) is 0 Å². The summed E-state index contributed by atoms with van der Waals surface area (Å²) in [6, 6.07) is 5.13. The zero-order valence-electron chi connectivity index (χ0n) is 11.5. The average molecular weight is 285 g/mol. The van der Waals surface area contributed by atoms with Crippen LogP contribution in [0, 0.1) is 6.92 Å². The molecule has 1 fully saturated rings. The highest BCUT2D eigenvalue weighted by Gasteiger charge is 2.25. The van der Waals surface area contributed by atoms with Crippen molar-refractivity contribution in [3.63, 3.8) is 0 Å². The Hall–Kier alpha value is -2.63. The molecule has 1 aromatic heterocycles. The standard InChI is InChI=1S/C15H15N3O3/c1-9-8-10(2-5-12(9)15(20)21)17-13-14(19)18(7-6-16-13)11-3-4-11/h2,5-8,11H,3-4H2,1H3,(H,16,17)(H,20,21). The largest absolute Gasteiger partial charge is 0.478 e. The van der Waals surface area contributed by atoms with Gasteiger partial charge in [0.1, 0.15) is 0 Å². The van der Waals surface area contributed by atoms with Crippen LogP contribution < -0.4 is 10.9 Å². The summed E-state index contributed by atoms with van der Waals surface area (Å²) in [5.41, 5.74) is 1.37. The van der Waals surface area contributed by atoms with Crippen LogP contribution >= 0.6 is 0 Å². The Morgan fingerprint density at radius 3 is 2.81 bits per heavy atom. The Bertz CT molecular complexity index is 763. The number of carbonyl (C=O) groups is 1. The normalized spacial score (nSPS) is 14.0. The zero-order valence-corrected chi connectivity index (χ0v) is 11.5. The quantitative estimate of drug-likeness (QED) is 0.900. The summed E-state index contributed by atoms with van der Waals surface area (Å²) in [6.07, 6.45) is 5.34. The highest BCUT2D eigenvalue weighted by atomic mass is 16.4. The zero-order chi connectivity index (χ0) is 15.0. The second-order valence-corrected chi connectivity index (χ2v) is 5.18. The molecule has 1 aliphatic carbocycles. The number of benzene rings is 1. The molecular formula is C15H15N3O3. The van der Waals surface area contributed by atoms with Gasteiger partial charge in [-0.1, -0.05) is 0 Å². The molecule has 1 aliphatic rings. The molecule has 0 amide bonds. The first kappa shape index (κ1) is 13.4. The van der Waals surface area contributed by atoms with E-state index in [9.17, 15) is 9.59 Å². The van der Waals surface area contributed by atoms with Crippen molar-refractivity contribution in [1.82, 2.24) is 9.55 Å². The number of hydrogen-bond acceptors (Lipinski definition) is 4. The maximum atomic E-state index is 12.3. The van der Waals surface area contributed by atoms with Crippen molar-refractivity contribution in [3.8, 4) is 0 Å². The van der Waals surface area contributed by atoms with Gasteiger partial charge < -0.3 is 15.0 Å². The van der Waals surface area contributed by atoms with Gasteiger partial charge in [-0.3, -0.25) is 4.79 Å². The molecule has 3 rings (SSSR count). The molecule has 0 unspecified atom stereocenters. The highest BCUT2D eigenvalue weighted by molar-refractivity contribution is 5.90. The maximum Gasteiger partial charge on any atom is 0.335 e. The van der Waals surface area contributed by atoms with Crippen molar-refractivity contribution in [2.45, 2.75) is 25.8 Å². The van der Waals surface area contributed by atoms with Gasteiger partial charge in [-0.05, 0) is 43.5 Å². The molecule has 0 atom stereocenters. The number of anilines is 2. The van der Waals surface area contributed by atoms with Crippen molar-refractivity contribution in [2.75, 3.05) is 5.32 Å². The summed E-state index contributed by atoms with van der Waals surface area (Å²) in [7, 11) is 0. The van der Waals surface area contributed by atoms with E-state index in [0.29, 0.717) is 11.3 Å². The van der Waals surface area contributed by atoms with Crippen LogP contribution in [0.25, 0.3) is 0 Å². The summed E-state index contributed by atoms with van der Waals surface area (Å²) in [5.74, 6) is -0.708. The highest BCUT2D eigenvalue weighted by Crippen LogP contribution is 2.33. The third-order valence-electron chi connectivity index (χ3n) is 3.53. The van der Waals surface area contributed by atoms with Crippen LogP contribution in [0.2, 0.25) is 0 Å². The Morgan fingerprint density at radius 2 is 2.19 bits per heavy atom. The minimum atomic E-state index is -0.965. The van der Waals surface area contributed by atoms with Gasteiger partial charge in [0.05, 0.1) is 5.56 Å². The lowest BCUT2D eigenvalue weighted by atomic mass is 10.1. The predicted molar refractivity (Wildman–Crippen MR) is 78.2 cm³/mol. The first-order valence-electron chi connectivity index (χ1n) is 6.74. The molecule has 2 aromatic rings. The third-order valence-corrected chi connectivity index (χ3v) is 3.53. The lowest BCUT2D eigenvalue weighted by Gasteiger charge is -2.09. The first-order chi connectivity index (χ1) is 10.1. The van der Waals surface area contributed by atoms with E-state index in [1.54, 1.807) is 36.0 Å². The number of nitrogens with zero attached hydrogens (tertiary/aromatic N) is 2. The van der Waals surface area contributed by atoms with E-state index < -0.39 is 5.97 Å². The van der Waals surface area contributed by atoms with Gasteiger partial charge in [0.15, 0.2) is 5.82 Å². The summed E-state index contributed by atoms with van der Waals surface area (Å²) in [6.45, 7) is 1.72. The molecule has 0 bridgehead atoms. The lowest BCUT2D eigenvalue weighted by Crippen LogP contribution is -2.22. The lowest BCUT2D eigenvalue weighted by molar-refractivity contribution is 0.0696. The van der Waals surface area contributed by atoms with Crippen molar-refractivity contribution in [2.24, 2.45) is 0 Å². The van der Waals surface area contributed by atoms with Crippen LogP contribution in [0.4, 0.5) is 11.5 Å². The Balaban J connectivity index is 1.90. The Kier molecular flexibility index (Phi) is 3.21. The van der Waals surface area contributed by atoms with E-state index in [1.165, 1.54) is 6.07 Å². The fraction of sp³-hybridized carbons (Fsp3) is 0.267. The Labute approximate surface area is 121 Å². The fourth-order valence-electron chi connectivity index (χ4n) is 2.27. The first-order valence-corrected chi connectivity index (χ1v) is 6.74. The average Bonchev–Trinajstić information content (AvgIpc) is 3.25. The van der Waals surface area contributed by atoms with Gasteiger partial charge in [0.25, 0.3) is 5.56 Å². The van der Waals surface area contributed by atoms with Crippen LogP contribution in [-0.4, -0.2) is 20.6 Å². The second-order valence-electron chi connectivity index (χ2n) is 5.18. The summed E-state index contributed by atoms with van der Waals surface area (Å²) in [5, 5.41) is 12.0. The Morgan fingerprint density at radius 1 is 1.43 bits per heavy atom. The van der Waals surface area contributed by atoms with E-state index in [4.69, 9.17) is 5.11 Å². The number of aryl methyl sites for hydroxylation is 1. The molecule has 0 aliphatic heterocycles. The van der Waals surface area contributed by atoms with Gasteiger partial charge in [-0.2, -0.15) is 0 Å². The van der Waals surface area contributed by atoms with E-state index in [0.717, 1.165) is 12.8 Å². The number of carboxylic acids is 1. The molecule has 108 valence electrons. The minimum Gasteiger partial charge on any atom is -0.478 e. The molecular weight excluding hydrogens is 270 g/mol. The molecule has 6 nitrogen and oxygen atoms in total. The van der Waals surface area contributed by atoms with Crippen LogP contribution in [-0.2, 0) is 0 Å². The molecule has 0 saturated heterocycles. The molecule has 2 N–H and O–H groups in total. The van der Waals surface area contributed by atoms with Gasteiger partial charge in [0.2, 0.25) is 0 Å². The van der Waals surface area contributed by atoms with Gasteiger partial charge in [0, 0.05) is 24.1 Å². The minimum absolute atomic E-state index is 0.153. The summed E-state index contributed by atoms with van der Waals surface area (Å²) >= 11 is 0. The van der Waals surface area contributed by atoms with Crippen molar-refractivity contribution >= 4 is 17.5 Å². The molecule has 6 heteroatoms. The summed E-state index contributed by atoms with van der Waals surface area (Å²) < 4.78 is 1.69. The summed E-state index contributed by atoms with van der Waals surface area (Å²) in [4.78, 5) is 27.3. The monoisotopic (exact) mass is 285 g/mol. The van der Waals surface area contributed by atoms with Crippen molar-refractivity contribution < 1.29 is 9.90 Å². The van der Waals surface area contributed by atoms with Crippen molar-refractivity contribution in [1.29, 1.82) is 0 Å². The number of hydrogen-bond donors (Lipinski definition) is 2. The fourth-order valence-corrected chi connectivity index (χ4v) is 2.27. The molecule has 1 heterocycles. The maximum absolute atomic E-state index is 12.3. The van der Waals surface area contributed by atoms with E-state index >= 15 is 0 Å². The van der Waals surface area contributed by atoms with Gasteiger partial charge in [-0.15, -0.1) is 0 Å². The van der Waals surface area contributed by atoms with Gasteiger partial charge >= 0.3 is 5.97 Å². The number of aromatic carboxylic acids is 1. The van der Waals surface area contributed by atoms with Crippen LogP contribution in [0.5, 0.6) is 0 Å². The molecule has 1 saturated carbocycles. The van der Waals surface area contributed by atoms with Crippen LogP contribution in [0.1, 0.15) is 34.8 Å². The van der Waals surface area contributed by atoms with Crippen LogP contribution in [0.15, 0.2) is 35.4 Å². The van der Waals surface area contributed by atoms with Crippen LogP contribution in [0.3, 0.4) is 0 Å².